The van der Waals surface area contributed by atoms with E-state index < -0.39 is 0 Å². The molecule has 0 saturated heterocycles. The number of amides is 1. The minimum Gasteiger partial charge on any atom is -0.353 e. The highest BCUT2D eigenvalue weighted by molar-refractivity contribution is 5.81. The molecule has 0 heterocycles. The molecule has 4 heteroatoms. The van der Waals surface area contributed by atoms with E-state index in [0.29, 0.717) is 6.61 Å². The van der Waals surface area contributed by atoms with Crippen LogP contribution in [0.2, 0.25) is 0 Å². The summed E-state index contributed by atoms with van der Waals surface area (Å²) in [4.78, 5) is 16.8. The summed E-state index contributed by atoms with van der Waals surface area (Å²) in [5.41, 5.74) is 3.79. The van der Waals surface area contributed by atoms with Gasteiger partial charge >= 0.3 is 0 Å². The summed E-state index contributed by atoms with van der Waals surface area (Å²) in [6.45, 7) is 6.06. The molecule has 1 aromatic rings. The molecule has 0 aromatic heterocycles. The molecular formula is C13H20N2O2. The predicted octanol–water partition coefficient (Wildman–Crippen LogP) is 1.62. The molecule has 1 atom stereocenters. The van der Waals surface area contributed by atoms with Crippen molar-refractivity contribution >= 4 is 5.91 Å². The van der Waals surface area contributed by atoms with Crippen LogP contribution in [-0.4, -0.2) is 18.0 Å². The number of hydrogen-bond donors (Lipinski definition) is 2. The van der Waals surface area contributed by atoms with Gasteiger partial charge in [0.15, 0.2) is 0 Å². The van der Waals surface area contributed by atoms with E-state index in [2.05, 4.69) is 10.8 Å². The quantitative estimate of drug-likeness (QED) is 0.738. The topological polar surface area (TPSA) is 50.4 Å². The fourth-order valence-corrected chi connectivity index (χ4v) is 1.29. The Morgan fingerprint density at radius 1 is 1.24 bits per heavy atom. The molecule has 0 bridgehead atoms. The molecule has 1 rings (SSSR count). The number of carbonyl (C=O) groups is 1. The Kier molecular flexibility index (Phi) is 5.66. The van der Waals surface area contributed by atoms with Gasteiger partial charge in [-0.1, -0.05) is 30.3 Å². The predicted molar refractivity (Wildman–Crippen MR) is 67.1 cm³/mol. The van der Waals surface area contributed by atoms with E-state index in [1.165, 1.54) is 0 Å². The van der Waals surface area contributed by atoms with Gasteiger partial charge in [0.1, 0.15) is 6.04 Å². The van der Waals surface area contributed by atoms with Gasteiger partial charge in [-0.3, -0.25) is 9.63 Å². The molecule has 1 amide bonds. The van der Waals surface area contributed by atoms with E-state index >= 15 is 0 Å². The lowest BCUT2D eigenvalue weighted by Crippen LogP contribution is -2.44. The highest BCUT2D eigenvalue weighted by Gasteiger charge is 2.12. The summed E-state index contributed by atoms with van der Waals surface area (Å²) in [5, 5.41) is 2.81. The smallest absolute Gasteiger partial charge is 0.239 e. The molecule has 0 fully saturated rings. The molecular weight excluding hydrogens is 216 g/mol. The second-order valence-electron chi connectivity index (χ2n) is 4.28. The minimum absolute atomic E-state index is 0.0620. The van der Waals surface area contributed by atoms with Crippen LogP contribution in [-0.2, 0) is 16.2 Å². The van der Waals surface area contributed by atoms with Crippen LogP contribution >= 0.6 is 0 Å². The van der Waals surface area contributed by atoms with Crippen LogP contribution in [0.3, 0.4) is 0 Å². The van der Waals surface area contributed by atoms with E-state index in [1.54, 1.807) is 6.92 Å². The zero-order chi connectivity index (χ0) is 12.7. The van der Waals surface area contributed by atoms with E-state index in [0.717, 1.165) is 5.56 Å². The fourth-order valence-electron chi connectivity index (χ4n) is 1.29. The van der Waals surface area contributed by atoms with Crippen molar-refractivity contribution in [1.82, 2.24) is 10.8 Å². The third kappa shape index (κ3) is 5.47. The van der Waals surface area contributed by atoms with Crippen molar-refractivity contribution < 1.29 is 9.63 Å². The fraction of sp³-hybridized carbons (Fsp3) is 0.462. The van der Waals surface area contributed by atoms with E-state index in [1.807, 2.05) is 44.2 Å². The van der Waals surface area contributed by atoms with Crippen molar-refractivity contribution in [3.05, 3.63) is 35.9 Å². The lowest BCUT2D eigenvalue weighted by Gasteiger charge is -2.15. The number of benzene rings is 1. The summed E-state index contributed by atoms with van der Waals surface area (Å²) in [6.07, 6.45) is 0. The number of carbonyl (C=O) groups excluding carboxylic acids is 1. The molecule has 0 aliphatic carbocycles. The molecule has 0 saturated carbocycles. The zero-order valence-electron chi connectivity index (χ0n) is 10.6. The maximum absolute atomic E-state index is 11.5. The largest absolute Gasteiger partial charge is 0.353 e. The highest BCUT2D eigenvalue weighted by atomic mass is 16.6. The van der Waals surface area contributed by atoms with Crippen molar-refractivity contribution in [3.8, 4) is 0 Å². The first-order valence-corrected chi connectivity index (χ1v) is 5.81. The maximum Gasteiger partial charge on any atom is 0.239 e. The standard InChI is InChI=1S/C13H20N2O2/c1-10(2)14-13(16)11(3)15-17-9-12-7-5-4-6-8-12/h4-8,10-11,15H,9H2,1-3H3,(H,14,16). The molecule has 2 N–H and O–H groups in total. The summed E-state index contributed by atoms with van der Waals surface area (Å²) >= 11 is 0. The molecule has 0 aliphatic rings. The lowest BCUT2D eigenvalue weighted by molar-refractivity contribution is -0.127. The van der Waals surface area contributed by atoms with Crippen molar-refractivity contribution in [2.24, 2.45) is 0 Å². The van der Waals surface area contributed by atoms with Crippen LogP contribution in [0.15, 0.2) is 30.3 Å². The molecule has 4 nitrogen and oxygen atoms in total. The SMILES string of the molecule is CC(C)NC(=O)C(C)NOCc1ccccc1. The first kappa shape index (κ1) is 13.7. The third-order valence-corrected chi connectivity index (χ3v) is 2.17. The van der Waals surface area contributed by atoms with Gasteiger partial charge in [0.25, 0.3) is 0 Å². The summed E-state index contributed by atoms with van der Waals surface area (Å²) in [6, 6.07) is 9.58. The second-order valence-corrected chi connectivity index (χ2v) is 4.28. The van der Waals surface area contributed by atoms with Crippen molar-refractivity contribution in [2.45, 2.75) is 39.5 Å². The van der Waals surface area contributed by atoms with Crippen LogP contribution in [0.4, 0.5) is 0 Å². The number of nitrogens with one attached hydrogen (secondary N) is 2. The normalized spacial score (nSPS) is 12.5. The summed E-state index contributed by atoms with van der Waals surface area (Å²) in [5.74, 6) is -0.0620. The molecule has 0 aliphatic heterocycles. The first-order valence-electron chi connectivity index (χ1n) is 5.81. The van der Waals surface area contributed by atoms with Crippen molar-refractivity contribution in [2.75, 3.05) is 0 Å². The highest BCUT2D eigenvalue weighted by Crippen LogP contribution is 1.99. The van der Waals surface area contributed by atoms with Gasteiger partial charge in [-0.15, -0.1) is 0 Å². The van der Waals surface area contributed by atoms with Crippen molar-refractivity contribution in [1.29, 1.82) is 0 Å². The average molecular weight is 236 g/mol. The monoisotopic (exact) mass is 236 g/mol. The molecule has 0 spiro atoms. The first-order chi connectivity index (χ1) is 8.09. The molecule has 17 heavy (non-hydrogen) atoms. The Morgan fingerprint density at radius 2 is 1.88 bits per heavy atom. The molecule has 1 unspecified atom stereocenters. The Labute approximate surface area is 102 Å². The number of hydroxylamine groups is 1. The minimum atomic E-state index is -0.360. The third-order valence-electron chi connectivity index (χ3n) is 2.17. The van der Waals surface area contributed by atoms with Crippen LogP contribution in [0.25, 0.3) is 0 Å². The number of rotatable bonds is 6. The van der Waals surface area contributed by atoms with Gasteiger partial charge in [-0.2, -0.15) is 5.48 Å². The average Bonchev–Trinajstić information content (AvgIpc) is 2.29. The molecule has 1 aromatic carbocycles. The van der Waals surface area contributed by atoms with Gasteiger partial charge in [-0.05, 0) is 26.3 Å². The zero-order valence-corrected chi connectivity index (χ0v) is 10.6. The van der Waals surface area contributed by atoms with E-state index in [-0.39, 0.29) is 18.0 Å². The van der Waals surface area contributed by atoms with E-state index in [9.17, 15) is 4.79 Å². The van der Waals surface area contributed by atoms with Gasteiger partial charge < -0.3 is 5.32 Å². The molecule has 94 valence electrons. The Hall–Kier alpha value is -1.39. The second kappa shape index (κ2) is 7.04. The number of hydrogen-bond acceptors (Lipinski definition) is 3. The van der Waals surface area contributed by atoms with Crippen molar-refractivity contribution in [3.63, 3.8) is 0 Å². The van der Waals surface area contributed by atoms with Gasteiger partial charge in [0, 0.05) is 6.04 Å². The van der Waals surface area contributed by atoms with Gasteiger partial charge in [0.2, 0.25) is 5.91 Å². The van der Waals surface area contributed by atoms with E-state index in [4.69, 9.17) is 4.84 Å². The van der Waals surface area contributed by atoms with Crippen LogP contribution in [0.1, 0.15) is 26.3 Å². The molecule has 0 radical (unpaired) electrons. The lowest BCUT2D eigenvalue weighted by atomic mass is 10.2. The summed E-state index contributed by atoms with van der Waals surface area (Å²) in [7, 11) is 0. The van der Waals surface area contributed by atoms with Crippen LogP contribution in [0.5, 0.6) is 0 Å². The van der Waals surface area contributed by atoms with Crippen LogP contribution < -0.4 is 10.8 Å². The maximum atomic E-state index is 11.5. The summed E-state index contributed by atoms with van der Waals surface area (Å²) < 4.78 is 0. The van der Waals surface area contributed by atoms with Gasteiger partial charge in [-0.25, -0.2) is 0 Å². The Morgan fingerprint density at radius 3 is 2.47 bits per heavy atom. The van der Waals surface area contributed by atoms with Gasteiger partial charge in [0.05, 0.1) is 6.61 Å². The Bertz CT molecular complexity index is 339. The Balaban J connectivity index is 2.24. The van der Waals surface area contributed by atoms with Crippen LogP contribution in [0, 0.1) is 0 Å².